The number of para-hydroxylation sites is 1. The predicted octanol–water partition coefficient (Wildman–Crippen LogP) is 5.10. The first-order chi connectivity index (χ1) is 18.7. The van der Waals surface area contributed by atoms with Gasteiger partial charge >= 0.3 is 0 Å². The van der Waals surface area contributed by atoms with Crippen LogP contribution in [0, 0.1) is 5.82 Å². The first kappa shape index (κ1) is 27.9. The van der Waals surface area contributed by atoms with E-state index in [9.17, 15) is 18.8 Å². The van der Waals surface area contributed by atoms with Crippen molar-refractivity contribution in [3.8, 4) is 17.2 Å². The molecule has 4 aromatic rings. The van der Waals surface area contributed by atoms with Crippen LogP contribution in [0.4, 0.5) is 4.39 Å². The van der Waals surface area contributed by atoms with Gasteiger partial charge < -0.3 is 9.47 Å². The molecule has 0 saturated heterocycles. The molecule has 0 aliphatic rings. The quantitative estimate of drug-likeness (QED) is 0.190. The molecule has 0 saturated carbocycles. The Labute approximate surface area is 229 Å². The van der Waals surface area contributed by atoms with Crippen LogP contribution >= 0.6 is 11.3 Å². The molecule has 0 fully saturated rings. The summed E-state index contributed by atoms with van der Waals surface area (Å²) in [6.45, 7) is 0. The summed E-state index contributed by atoms with van der Waals surface area (Å²) < 4.78 is 26.7. The van der Waals surface area contributed by atoms with Gasteiger partial charge in [0.1, 0.15) is 23.1 Å². The average molecular weight is 550 g/mol. The summed E-state index contributed by atoms with van der Waals surface area (Å²) in [5, 5.41) is 3.13. The Morgan fingerprint density at radius 2 is 1.67 bits per heavy atom. The van der Waals surface area contributed by atoms with Crippen molar-refractivity contribution in [3.05, 3.63) is 82.6 Å². The van der Waals surface area contributed by atoms with Gasteiger partial charge in [-0.2, -0.15) is 0 Å². The molecule has 0 radical (unpaired) electrons. The van der Waals surface area contributed by atoms with Gasteiger partial charge in [-0.05, 0) is 29.8 Å². The van der Waals surface area contributed by atoms with Crippen LogP contribution in [0.1, 0.15) is 27.2 Å². The highest BCUT2D eigenvalue weighted by molar-refractivity contribution is 7.21. The highest BCUT2D eigenvalue weighted by Crippen LogP contribution is 2.36. The Morgan fingerprint density at radius 3 is 2.38 bits per heavy atom. The van der Waals surface area contributed by atoms with Crippen molar-refractivity contribution in [2.24, 2.45) is 0 Å². The van der Waals surface area contributed by atoms with Gasteiger partial charge in [-0.3, -0.25) is 24.4 Å². The van der Waals surface area contributed by atoms with E-state index in [-0.39, 0.29) is 42.5 Å². The van der Waals surface area contributed by atoms with Crippen molar-refractivity contribution in [3.63, 3.8) is 0 Å². The van der Waals surface area contributed by atoms with Crippen molar-refractivity contribution in [2.75, 3.05) is 28.3 Å². The molecule has 202 valence electrons. The zero-order valence-corrected chi connectivity index (χ0v) is 22.9. The van der Waals surface area contributed by atoms with Crippen LogP contribution in [0.15, 0.2) is 60.8 Å². The van der Waals surface area contributed by atoms with Crippen molar-refractivity contribution in [1.82, 2.24) is 15.0 Å². The Balaban J connectivity index is 1.42. The Hall–Kier alpha value is -4.15. The number of aromatic nitrogens is 1. The lowest BCUT2D eigenvalue weighted by Gasteiger charge is -2.23. The van der Waals surface area contributed by atoms with E-state index < -0.39 is 5.82 Å². The number of fused-ring (bicyclic) bond motifs is 1. The number of hydrogen-bond acceptors (Lipinski definition) is 8. The molecule has 2 aromatic heterocycles. The number of nitrogens with zero attached hydrogens (tertiary/aromatic N) is 3. The van der Waals surface area contributed by atoms with Gasteiger partial charge in [0.05, 0.1) is 28.6 Å². The Kier molecular flexibility index (Phi) is 8.68. The molecule has 8 nitrogen and oxygen atoms in total. The number of hydrogen-bond donors (Lipinski definition) is 0. The van der Waals surface area contributed by atoms with Crippen LogP contribution in [0.3, 0.4) is 0 Å². The minimum Gasteiger partial charge on any atom is -0.496 e. The van der Waals surface area contributed by atoms with E-state index in [4.69, 9.17) is 9.47 Å². The maximum atomic E-state index is 15.0. The maximum absolute atomic E-state index is 15.0. The van der Waals surface area contributed by atoms with Gasteiger partial charge in [0.15, 0.2) is 11.6 Å². The molecule has 0 bridgehead atoms. The zero-order valence-electron chi connectivity index (χ0n) is 22.1. The van der Waals surface area contributed by atoms with Crippen LogP contribution in [0.25, 0.3) is 10.2 Å². The minimum absolute atomic E-state index is 0.0300. The predicted molar refractivity (Wildman–Crippen MR) is 147 cm³/mol. The molecule has 2 heterocycles. The van der Waals surface area contributed by atoms with Crippen molar-refractivity contribution in [1.29, 1.82) is 0 Å². The van der Waals surface area contributed by atoms with Crippen LogP contribution in [0.5, 0.6) is 17.2 Å². The first-order valence-corrected chi connectivity index (χ1v) is 12.9. The molecule has 1 amide bonds. The van der Waals surface area contributed by atoms with E-state index in [1.165, 1.54) is 41.8 Å². The number of amides is 1. The SMILES string of the molecule is COc1ccccc1CC(=O)CC(=O)Cc1ccc(Oc2ccnc3cc(C(=O)N(C)N(C)C)sc23)c(F)c1. The fourth-order valence-electron chi connectivity index (χ4n) is 3.93. The fourth-order valence-corrected chi connectivity index (χ4v) is 4.97. The van der Waals surface area contributed by atoms with Crippen LogP contribution in [-0.2, 0) is 22.4 Å². The summed E-state index contributed by atoms with van der Waals surface area (Å²) in [5.74, 6) is -0.469. The number of rotatable bonds is 11. The molecule has 0 atom stereocenters. The van der Waals surface area contributed by atoms with E-state index >= 15 is 0 Å². The Bertz CT molecular complexity index is 1530. The summed E-state index contributed by atoms with van der Waals surface area (Å²) >= 11 is 1.21. The first-order valence-electron chi connectivity index (χ1n) is 12.1. The number of carbonyl (C=O) groups is 3. The lowest BCUT2D eigenvalue weighted by Crippen LogP contribution is -2.38. The monoisotopic (exact) mass is 549 g/mol. The minimum atomic E-state index is -0.647. The molecule has 0 spiro atoms. The number of methoxy groups -OCH3 is 1. The molecular formula is C29H28FN3O5S. The van der Waals surface area contributed by atoms with E-state index in [2.05, 4.69) is 4.98 Å². The van der Waals surface area contributed by atoms with Crippen molar-refractivity contribution >= 4 is 39.0 Å². The largest absolute Gasteiger partial charge is 0.496 e. The standard InChI is InChI=1S/C29H28FN3O5S/c1-32(2)33(3)29(36)27-17-23-28(39-27)26(11-12-31-23)38-25-10-9-18(14-22(25)30)13-20(34)16-21(35)15-19-7-5-6-8-24(19)37-4/h5-12,14,17H,13,15-16H2,1-4H3. The number of pyridine rings is 1. The van der Waals surface area contributed by atoms with E-state index in [1.807, 2.05) is 0 Å². The molecule has 0 aliphatic heterocycles. The average Bonchev–Trinajstić information content (AvgIpc) is 3.35. The summed E-state index contributed by atoms with van der Waals surface area (Å²) in [5.41, 5.74) is 1.71. The van der Waals surface area contributed by atoms with E-state index in [1.54, 1.807) is 68.6 Å². The third kappa shape index (κ3) is 6.65. The van der Waals surface area contributed by atoms with Gasteiger partial charge in [0, 0.05) is 51.8 Å². The highest BCUT2D eigenvalue weighted by atomic mass is 32.1. The maximum Gasteiger partial charge on any atom is 0.278 e. The molecule has 10 heteroatoms. The number of carbonyl (C=O) groups excluding carboxylic acids is 3. The summed E-state index contributed by atoms with van der Waals surface area (Å²) in [6.07, 6.45) is 1.28. The molecule has 0 unspecified atom stereocenters. The van der Waals surface area contributed by atoms with Gasteiger partial charge in [0.25, 0.3) is 5.91 Å². The van der Waals surface area contributed by atoms with Gasteiger partial charge in [-0.25, -0.2) is 9.40 Å². The number of ether oxygens (including phenoxy) is 2. The highest BCUT2D eigenvalue weighted by Gasteiger charge is 2.20. The van der Waals surface area contributed by atoms with Gasteiger partial charge in [0.2, 0.25) is 0 Å². The molecule has 0 aliphatic carbocycles. The number of thiophene rings is 1. The lowest BCUT2D eigenvalue weighted by molar-refractivity contribution is -0.126. The molecule has 4 rings (SSSR count). The number of benzene rings is 2. The molecule has 0 N–H and O–H groups in total. The molecule has 39 heavy (non-hydrogen) atoms. The lowest BCUT2D eigenvalue weighted by atomic mass is 10.0. The number of Topliss-reactive ketones (excluding diaryl/α,β-unsaturated/α-hetero) is 2. The van der Waals surface area contributed by atoms with Gasteiger partial charge in [-0.15, -0.1) is 11.3 Å². The third-order valence-corrected chi connectivity index (χ3v) is 7.20. The summed E-state index contributed by atoms with van der Waals surface area (Å²) in [6, 6.07) is 14.7. The van der Waals surface area contributed by atoms with Crippen molar-refractivity contribution in [2.45, 2.75) is 19.3 Å². The smallest absolute Gasteiger partial charge is 0.278 e. The number of hydrazine groups is 1. The van der Waals surface area contributed by atoms with Crippen LogP contribution in [-0.4, -0.2) is 60.7 Å². The third-order valence-electron chi connectivity index (χ3n) is 6.07. The zero-order chi connectivity index (χ0) is 28.1. The second-order valence-electron chi connectivity index (χ2n) is 9.10. The van der Waals surface area contributed by atoms with Crippen molar-refractivity contribution < 1.29 is 28.2 Å². The fraction of sp³-hybridized carbons (Fsp3) is 0.241. The van der Waals surface area contributed by atoms with E-state index in [0.29, 0.717) is 37.7 Å². The van der Waals surface area contributed by atoms with E-state index in [0.717, 1.165) is 0 Å². The molecule has 2 aromatic carbocycles. The normalized spacial score (nSPS) is 11.0. The Morgan fingerprint density at radius 1 is 0.923 bits per heavy atom. The van der Waals surface area contributed by atoms with Crippen LogP contribution in [0.2, 0.25) is 0 Å². The van der Waals surface area contributed by atoms with Gasteiger partial charge in [-0.1, -0.05) is 24.3 Å². The molecular weight excluding hydrogens is 521 g/mol. The summed E-state index contributed by atoms with van der Waals surface area (Å²) in [7, 11) is 6.71. The number of ketones is 2. The summed E-state index contributed by atoms with van der Waals surface area (Å²) in [4.78, 5) is 42.4. The number of halogens is 1. The van der Waals surface area contributed by atoms with Crippen LogP contribution < -0.4 is 9.47 Å². The second-order valence-corrected chi connectivity index (χ2v) is 10.1. The second kappa shape index (κ2) is 12.1. The topological polar surface area (TPSA) is 89.0 Å².